The van der Waals surface area contributed by atoms with Gasteiger partial charge >= 0.3 is 5.97 Å². The van der Waals surface area contributed by atoms with Crippen LogP contribution < -0.4 is 0 Å². The number of fused-ring (bicyclic) bond motifs is 1. The number of carbonyl (C=O) groups excluding carboxylic acids is 1. The molecular weight excluding hydrogens is 200 g/mol. The van der Waals surface area contributed by atoms with Crippen molar-refractivity contribution in [3.8, 4) is 0 Å². The molecule has 0 N–H and O–H groups in total. The highest BCUT2D eigenvalue weighted by Gasteiger charge is 2.33. The van der Waals surface area contributed by atoms with Gasteiger partial charge in [0.25, 0.3) is 0 Å². The van der Waals surface area contributed by atoms with Crippen LogP contribution in [-0.4, -0.2) is 5.97 Å². The standard InChI is InChI=1S/C14H18O2/c1-3-4-7-10(2)13-11-8-5-6-9-12(11)14(15)16-13/h5-6,8-10,13H,3-4,7H2,1-2H3. The normalized spacial score (nSPS) is 20.4. The summed E-state index contributed by atoms with van der Waals surface area (Å²) in [7, 11) is 0. The first-order chi connectivity index (χ1) is 7.74. The average Bonchev–Trinajstić information content (AvgIpc) is 2.65. The van der Waals surface area contributed by atoms with Gasteiger partial charge < -0.3 is 4.74 Å². The van der Waals surface area contributed by atoms with Gasteiger partial charge in [0.05, 0.1) is 5.56 Å². The molecule has 1 aliphatic rings. The summed E-state index contributed by atoms with van der Waals surface area (Å²) in [6.07, 6.45) is 3.46. The Morgan fingerprint density at radius 1 is 1.38 bits per heavy atom. The van der Waals surface area contributed by atoms with E-state index < -0.39 is 0 Å². The van der Waals surface area contributed by atoms with E-state index in [1.54, 1.807) is 0 Å². The van der Waals surface area contributed by atoms with Gasteiger partial charge in [-0.05, 0) is 18.4 Å². The Kier molecular flexibility index (Phi) is 3.28. The molecule has 1 aromatic rings. The molecule has 0 fully saturated rings. The van der Waals surface area contributed by atoms with Crippen LogP contribution in [0.3, 0.4) is 0 Å². The van der Waals surface area contributed by atoms with Crippen molar-refractivity contribution >= 4 is 5.97 Å². The highest BCUT2D eigenvalue weighted by molar-refractivity contribution is 5.94. The molecule has 0 amide bonds. The van der Waals surface area contributed by atoms with Gasteiger partial charge in [-0.2, -0.15) is 0 Å². The maximum Gasteiger partial charge on any atom is 0.339 e. The molecule has 0 spiro atoms. The van der Waals surface area contributed by atoms with E-state index in [4.69, 9.17) is 4.74 Å². The average molecular weight is 218 g/mol. The van der Waals surface area contributed by atoms with Crippen LogP contribution in [0, 0.1) is 5.92 Å². The van der Waals surface area contributed by atoms with Crippen molar-refractivity contribution in [2.45, 2.75) is 39.2 Å². The first kappa shape index (κ1) is 11.2. The van der Waals surface area contributed by atoms with Crippen LogP contribution in [0.2, 0.25) is 0 Å². The van der Waals surface area contributed by atoms with Crippen LogP contribution in [0.4, 0.5) is 0 Å². The smallest absolute Gasteiger partial charge is 0.339 e. The molecular formula is C14H18O2. The fraction of sp³-hybridized carbons (Fsp3) is 0.500. The number of carbonyl (C=O) groups is 1. The van der Waals surface area contributed by atoms with Crippen molar-refractivity contribution in [2.75, 3.05) is 0 Å². The highest BCUT2D eigenvalue weighted by Crippen LogP contribution is 2.37. The minimum atomic E-state index is -0.163. The van der Waals surface area contributed by atoms with E-state index in [1.165, 1.54) is 12.8 Å². The van der Waals surface area contributed by atoms with Crippen LogP contribution in [0.15, 0.2) is 24.3 Å². The van der Waals surface area contributed by atoms with Crippen molar-refractivity contribution in [3.63, 3.8) is 0 Å². The molecule has 2 rings (SSSR count). The van der Waals surface area contributed by atoms with Gasteiger partial charge in [-0.1, -0.05) is 44.9 Å². The van der Waals surface area contributed by atoms with E-state index in [-0.39, 0.29) is 12.1 Å². The van der Waals surface area contributed by atoms with Crippen LogP contribution in [0.1, 0.15) is 55.1 Å². The summed E-state index contributed by atoms with van der Waals surface area (Å²) < 4.78 is 5.45. The maximum absolute atomic E-state index is 11.6. The summed E-state index contributed by atoms with van der Waals surface area (Å²) in [5.74, 6) is 0.247. The number of cyclic esters (lactones) is 1. The summed E-state index contributed by atoms with van der Waals surface area (Å²) >= 11 is 0. The second-order valence-corrected chi connectivity index (χ2v) is 4.53. The molecule has 0 saturated carbocycles. The molecule has 2 nitrogen and oxygen atoms in total. The summed E-state index contributed by atoms with van der Waals surface area (Å²) in [5, 5.41) is 0. The summed E-state index contributed by atoms with van der Waals surface area (Å²) in [4.78, 5) is 11.6. The van der Waals surface area contributed by atoms with E-state index in [2.05, 4.69) is 13.8 Å². The van der Waals surface area contributed by atoms with Gasteiger partial charge in [0.2, 0.25) is 0 Å². The number of hydrogen-bond acceptors (Lipinski definition) is 2. The third-order valence-corrected chi connectivity index (χ3v) is 3.25. The fourth-order valence-corrected chi connectivity index (χ4v) is 2.27. The van der Waals surface area contributed by atoms with E-state index in [0.29, 0.717) is 5.92 Å². The monoisotopic (exact) mass is 218 g/mol. The first-order valence-corrected chi connectivity index (χ1v) is 6.04. The van der Waals surface area contributed by atoms with Crippen LogP contribution in [0.5, 0.6) is 0 Å². The number of unbranched alkanes of at least 4 members (excludes halogenated alkanes) is 1. The zero-order chi connectivity index (χ0) is 11.5. The van der Waals surface area contributed by atoms with E-state index in [9.17, 15) is 4.79 Å². The predicted molar refractivity (Wildman–Crippen MR) is 63.3 cm³/mol. The Labute approximate surface area is 96.6 Å². The van der Waals surface area contributed by atoms with Gasteiger partial charge in [-0.25, -0.2) is 4.79 Å². The quantitative estimate of drug-likeness (QED) is 0.720. The lowest BCUT2D eigenvalue weighted by Crippen LogP contribution is -2.09. The van der Waals surface area contributed by atoms with Crippen LogP contribution >= 0.6 is 0 Å². The third-order valence-electron chi connectivity index (χ3n) is 3.25. The molecule has 2 atom stereocenters. The zero-order valence-electron chi connectivity index (χ0n) is 9.90. The number of benzene rings is 1. The van der Waals surface area contributed by atoms with Crippen LogP contribution in [-0.2, 0) is 4.74 Å². The Balaban J connectivity index is 2.17. The van der Waals surface area contributed by atoms with Gasteiger partial charge in [0, 0.05) is 5.56 Å². The van der Waals surface area contributed by atoms with Gasteiger partial charge in [0.15, 0.2) is 0 Å². The first-order valence-electron chi connectivity index (χ1n) is 6.04. The van der Waals surface area contributed by atoms with Gasteiger partial charge in [0.1, 0.15) is 6.10 Å². The number of hydrogen-bond donors (Lipinski definition) is 0. The van der Waals surface area contributed by atoms with Crippen molar-refractivity contribution in [2.24, 2.45) is 5.92 Å². The SMILES string of the molecule is CCCCC(C)C1OC(=O)c2ccccc21. The van der Waals surface area contributed by atoms with Crippen molar-refractivity contribution in [1.29, 1.82) is 0 Å². The van der Waals surface area contributed by atoms with Crippen molar-refractivity contribution < 1.29 is 9.53 Å². The second kappa shape index (κ2) is 4.69. The van der Waals surface area contributed by atoms with Crippen molar-refractivity contribution in [1.82, 2.24) is 0 Å². The molecule has 0 aliphatic carbocycles. The minimum Gasteiger partial charge on any atom is -0.454 e. The Morgan fingerprint density at radius 2 is 2.12 bits per heavy atom. The Hall–Kier alpha value is -1.31. The molecule has 86 valence electrons. The van der Waals surface area contributed by atoms with Crippen molar-refractivity contribution in [3.05, 3.63) is 35.4 Å². The molecule has 1 heterocycles. The molecule has 0 saturated heterocycles. The Morgan fingerprint density at radius 3 is 2.88 bits per heavy atom. The molecule has 1 aromatic carbocycles. The third kappa shape index (κ3) is 1.97. The number of ether oxygens (including phenoxy) is 1. The number of rotatable bonds is 4. The van der Waals surface area contributed by atoms with E-state index >= 15 is 0 Å². The predicted octanol–water partition coefficient (Wildman–Crippen LogP) is 3.72. The summed E-state index contributed by atoms with van der Waals surface area (Å²) in [6, 6.07) is 7.72. The lowest BCUT2D eigenvalue weighted by Gasteiger charge is -2.18. The largest absolute Gasteiger partial charge is 0.454 e. The summed E-state index contributed by atoms with van der Waals surface area (Å²) in [6.45, 7) is 4.34. The molecule has 0 radical (unpaired) electrons. The zero-order valence-corrected chi connectivity index (χ0v) is 9.90. The Bertz CT molecular complexity index is 384. The number of esters is 1. The lowest BCUT2D eigenvalue weighted by molar-refractivity contribution is 0.0245. The van der Waals surface area contributed by atoms with Gasteiger partial charge in [-0.3, -0.25) is 0 Å². The van der Waals surface area contributed by atoms with Crippen LogP contribution in [0.25, 0.3) is 0 Å². The topological polar surface area (TPSA) is 26.3 Å². The lowest BCUT2D eigenvalue weighted by atomic mass is 9.92. The second-order valence-electron chi connectivity index (χ2n) is 4.53. The van der Waals surface area contributed by atoms with Gasteiger partial charge in [-0.15, -0.1) is 0 Å². The fourth-order valence-electron chi connectivity index (χ4n) is 2.27. The van der Waals surface area contributed by atoms with E-state index in [0.717, 1.165) is 17.5 Å². The van der Waals surface area contributed by atoms with E-state index in [1.807, 2.05) is 24.3 Å². The molecule has 1 aliphatic heterocycles. The molecule has 0 bridgehead atoms. The summed E-state index contributed by atoms with van der Waals surface area (Å²) in [5.41, 5.74) is 1.81. The maximum atomic E-state index is 11.6. The molecule has 2 heteroatoms. The minimum absolute atomic E-state index is 0.0322. The molecule has 2 unspecified atom stereocenters. The highest BCUT2D eigenvalue weighted by atomic mass is 16.5. The molecule has 0 aromatic heterocycles. The molecule has 16 heavy (non-hydrogen) atoms.